The molecular weight excluding hydrogens is 218 g/mol. The van der Waals surface area contributed by atoms with E-state index >= 15 is 0 Å². The average molecular weight is 235 g/mol. The number of nitrogens with one attached hydrogen (secondary N) is 1. The van der Waals surface area contributed by atoms with E-state index in [1.165, 1.54) is 16.0 Å². The first-order valence-electron chi connectivity index (χ1n) is 5.64. The van der Waals surface area contributed by atoms with Gasteiger partial charge in [0.2, 0.25) is 5.91 Å². The van der Waals surface area contributed by atoms with E-state index in [9.17, 15) is 4.79 Å². The molecule has 1 aromatic rings. The molecular formula is C13H17NOS. The maximum atomic E-state index is 11.5. The van der Waals surface area contributed by atoms with Gasteiger partial charge in [0.25, 0.3) is 0 Å². The van der Waals surface area contributed by atoms with Crippen LogP contribution < -0.4 is 5.32 Å². The van der Waals surface area contributed by atoms with E-state index in [4.69, 9.17) is 0 Å². The molecule has 1 aliphatic rings. The molecule has 3 heteroatoms. The van der Waals surface area contributed by atoms with Gasteiger partial charge < -0.3 is 5.32 Å². The Morgan fingerprint density at radius 2 is 2.19 bits per heavy atom. The Morgan fingerprint density at radius 3 is 2.81 bits per heavy atom. The Hall–Kier alpha value is -0.960. The maximum absolute atomic E-state index is 11.5. The lowest BCUT2D eigenvalue weighted by atomic mass is 10.2. The highest BCUT2D eigenvalue weighted by molar-refractivity contribution is 8.00. The molecule has 16 heavy (non-hydrogen) atoms. The second kappa shape index (κ2) is 4.91. The summed E-state index contributed by atoms with van der Waals surface area (Å²) in [5.41, 5.74) is 2.52. The summed E-state index contributed by atoms with van der Waals surface area (Å²) >= 11 is 1.62. The topological polar surface area (TPSA) is 29.1 Å². The highest BCUT2D eigenvalue weighted by atomic mass is 32.2. The van der Waals surface area contributed by atoms with Crippen molar-refractivity contribution in [3.05, 3.63) is 29.3 Å². The molecule has 0 spiro atoms. The van der Waals surface area contributed by atoms with Gasteiger partial charge >= 0.3 is 0 Å². The van der Waals surface area contributed by atoms with Gasteiger partial charge in [-0.05, 0) is 38.3 Å². The van der Waals surface area contributed by atoms with Gasteiger partial charge in [0.05, 0.1) is 5.75 Å². The predicted molar refractivity (Wildman–Crippen MR) is 67.8 cm³/mol. The van der Waals surface area contributed by atoms with Crippen LogP contribution >= 0.6 is 11.8 Å². The van der Waals surface area contributed by atoms with Gasteiger partial charge in [-0.15, -0.1) is 11.8 Å². The summed E-state index contributed by atoms with van der Waals surface area (Å²) in [4.78, 5) is 12.7. The minimum atomic E-state index is 0.160. The number of thioether (sulfide) groups is 1. The van der Waals surface area contributed by atoms with Crippen molar-refractivity contribution in [3.63, 3.8) is 0 Å². The Balaban J connectivity index is 1.85. The lowest BCUT2D eigenvalue weighted by Crippen LogP contribution is -2.26. The standard InChI is InChI=1S/C13H17NOS/c1-9-3-6-12(10(2)7-9)16-8-13(15)14-11-4-5-11/h3,6-7,11H,4-5,8H2,1-2H3,(H,14,15). The van der Waals surface area contributed by atoms with Crippen LogP contribution in [0.25, 0.3) is 0 Å². The third-order valence-electron chi connectivity index (χ3n) is 2.63. The summed E-state index contributed by atoms with van der Waals surface area (Å²) in [5.74, 6) is 0.688. The molecule has 2 rings (SSSR count). The Kier molecular flexibility index (Phi) is 3.54. The van der Waals surface area contributed by atoms with Gasteiger partial charge in [-0.25, -0.2) is 0 Å². The molecule has 1 aromatic carbocycles. The molecule has 0 atom stereocenters. The van der Waals surface area contributed by atoms with Crippen LogP contribution in [0.5, 0.6) is 0 Å². The zero-order chi connectivity index (χ0) is 11.5. The van der Waals surface area contributed by atoms with Gasteiger partial charge in [0, 0.05) is 10.9 Å². The van der Waals surface area contributed by atoms with Crippen molar-refractivity contribution in [2.75, 3.05) is 5.75 Å². The molecule has 0 radical (unpaired) electrons. The molecule has 0 unspecified atom stereocenters. The number of rotatable bonds is 4. The molecule has 1 saturated carbocycles. The molecule has 0 heterocycles. The van der Waals surface area contributed by atoms with Crippen molar-refractivity contribution in [1.29, 1.82) is 0 Å². The third kappa shape index (κ3) is 3.27. The number of hydrogen-bond acceptors (Lipinski definition) is 2. The monoisotopic (exact) mass is 235 g/mol. The van der Waals surface area contributed by atoms with Gasteiger partial charge in [0.1, 0.15) is 0 Å². The number of carbonyl (C=O) groups is 1. The summed E-state index contributed by atoms with van der Waals surface area (Å²) in [6.07, 6.45) is 2.31. The smallest absolute Gasteiger partial charge is 0.230 e. The molecule has 0 aliphatic heterocycles. The van der Waals surface area contributed by atoms with Gasteiger partial charge in [0.15, 0.2) is 0 Å². The Labute approximate surface area is 101 Å². The largest absolute Gasteiger partial charge is 0.353 e. The van der Waals surface area contributed by atoms with Crippen molar-refractivity contribution in [1.82, 2.24) is 5.32 Å². The predicted octanol–water partition coefficient (Wildman–Crippen LogP) is 2.67. The van der Waals surface area contributed by atoms with Crippen LogP contribution in [0.15, 0.2) is 23.1 Å². The zero-order valence-electron chi connectivity index (χ0n) is 9.75. The normalized spacial score (nSPS) is 14.9. The SMILES string of the molecule is Cc1ccc(SCC(=O)NC2CC2)c(C)c1. The summed E-state index contributed by atoms with van der Waals surface area (Å²) in [5, 5.41) is 3.00. The van der Waals surface area contributed by atoms with E-state index in [1.807, 2.05) is 0 Å². The van der Waals surface area contributed by atoms with E-state index < -0.39 is 0 Å². The summed E-state index contributed by atoms with van der Waals surface area (Å²) in [6, 6.07) is 6.81. The second-order valence-electron chi connectivity index (χ2n) is 4.40. The van der Waals surface area contributed by atoms with E-state index in [2.05, 4.69) is 37.4 Å². The molecule has 0 bridgehead atoms. The first kappa shape index (κ1) is 11.5. The quantitative estimate of drug-likeness (QED) is 0.813. The first-order chi connectivity index (χ1) is 7.65. The van der Waals surface area contributed by atoms with Crippen molar-refractivity contribution >= 4 is 17.7 Å². The fraction of sp³-hybridized carbons (Fsp3) is 0.462. The fourth-order valence-electron chi connectivity index (χ4n) is 1.60. The Morgan fingerprint density at radius 1 is 1.44 bits per heavy atom. The van der Waals surface area contributed by atoms with E-state index in [-0.39, 0.29) is 5.91 Å². The van der Waals surface area contributed by atoms with Crippen molar-refractivity contribution in [3.8, 4) is 0 Å². The molecule has 2 nitrogen and oxygen atoms in total. The van der Waals surface area contributed by atoms with Crippen LogP contribution in [0.4, 0.5) is 0 Å². The summed E-state index contributed by atoms with van der Waals surface area (Å²) < 4.78 is 0. The van der Waals surface area contributed by atoms with E-state index in [0.717, 1.165) is 12.8 Å². The second-order valence-corrected chi connectivity index (χ2v) is 5.42. The minimum Gasteiger partial charge on any atom is -0.353 e. The average Bonchev–Trinajstić information content (AvgIpc) is 3.00. The van der Waals surface area contributed by atoms with E-state index in [0.29, 0.717) is 11.8 Å². The number of aryl methyl sites for hydroxylation is 2. The number of carbonyl (C=O) groups excluding carboxylic acids is 1. The van der Waals surface area contributed by atoms with Gasteiger partial charge in [-0.2, -0.15) is 0 Å². The van der Waals surface area contributed by atoms with Crippen molar-refractivity contribution < 1.29 is 4.79 Å². The highest BCUT2D eigenvalue weighted by Crippen LogP contribution is 2.24. The first-order valence-corrected chi connectivity index (χ1v) is 6.63. The molecule has 1 aliphatic carbocycles. The summed E-state index contributed by atoms with van der Waals surface area (Å²) in [7, 11) is 0. The minimum absolute atomic E-state index is 0.160. The van der Waals surface area contributed by atoms with Crippen LogP contribution in [0.1, 0.15) is 24.0 Å². The van der Waals surface area contributed by atoms with Crippen LogP contribution in [-0.2, 0) is 4.79 Å². The van der Waals surface area contributed by atoms with Gasteiger partial charge in [-0.3, -0.25) is 4.79 Å². The lowest BCUT2D eigenvalue weighted by molar-refractivity contribution is -0.118. The van der Waals surface area contributed by atoms with Crippen LogP contribution in [0.2, 0.25) is 0 Å². The van der Waals surface area contributed by atoms with Crippen molar-refractivity contribution in [2.24, 2.45) is 0 Å². The summed E-state index contributed by atoms with van der Waals surface area (Å²) in [6.45, 7) is 4.18. The molecule has 1 N–H and O–H groups in total. The molecule has 0 aromatic heterocycles. The van der Waals surface area contributed by atoms with Crippen LogP contribution in [-0.4, -0.2) is 17.7 Å². The van der Waals surface area contributed by atoms with Crippen molar-refractivity contribution in [2.45, 2.75) is 37.6 Å². The Bertz CT molecular complexity index is 399. The number of hydrogen-bond donors (Lipinski definition) is 1. The fourth-order valence-corrected chi connectivity index (χ4v) is 2.42. The number of amides is 1. The highest BCUT2D eigenvalue weighted by Gasteiger charge is 2.22. The third-order valence-corrected chi connectivity index (χ3v) is 3.81. The zero-order valence-corrected chi connectivity index (χ0v) is 10.6. The van der Waals surface area contributed by atoms with Gasteiger partial charge in [-0.1, -0.05) is 17.7 Å². The lowest BCUT2D eigenvalue weighted by Gasteiger charge is -2.06. The number of benzene rings is 1. The molecule has 86 valence electrons. The molecule has 1 amide bonds. The molecule has 0 saturated heterocycles. The molecule has 1 fully saturated rings. The van der Waals surface area contributed by atoms with E-state index in [1.54, 1.807) is 11.8 Å². The van der Waals surface area contributed by atoms with Crippen LogP contribution in [0, 0.1) is 13.8 Å². The maximum Gasteiger partial charge on any atom is 0.230 e. The van der Waals surface area contributed by atoms with Crippen LogP contribution in [0.3, 0.4) is 0 Å².